The second-order valence-electron chi connectivity index (χ2n) is 4.05. The van der Waals surface area contributed by atoms with Gasteiger partial charge in [-0.3, -0.25) is 4.79 Å². The van der Waals surface area contributed by atoms with E-state index < -0.39 is 0 Å². The van der Waals surface area contributed by atoms with Crippen molar-refractivity contribution in [1.29, 1.82) is 0 Å². The number of benzene rings is 1. The molecule has 2 aromatic rings. The molecule has 4 nitrogen and oxygen atoms in total. The minimum absolute atomic E-state index is 0.00608. The van der Waals surface area contributed by atoms with Gasteiger partial charge in [-0.25, -0.2) is 0 Å². The van der Waals surface area contributed by atoms with E-state index in [1.165, 1.54) is 0 Å². The van der Waals surface area contributed by atoms with E-state index in [1.807, 2.05) is 30.3 Å². The van der Waals surface area contributed by atoms with Crippen molar-refractivity contribution in [3.05, 3.63) is 52.4 Å². The summed E-state index contributed by atoms with van der Waals surface area (Å²) in [5.41, 5.74) is 1.90. The van der Waals surface area contributed by atoms with E-state index in [-0.39, 0.29) is 5.91 Å². The number of nitrogens with one attached hydrogen (secondary N) is 2. The highest BCUT2D eigenvalue weighted by Crippen LogP contribution is 2.21. The van der Waals surface area contributed by atoms with E-state index in [9.17, 15) is 4.79 Å². The van der Waals surface area contributed by atoms with E-state index >= 15 is 0 Å². The molecule has 0 unspecified atom stereocenters. The van der Waals surface area contributed by atoms with Crippen molar-refractivity contribution >= 4 is 27.5 Å². The fourth-order valence-corrected chi connectivity index (χ4v) is 2.08. The van der Waals surface area contributed by atoms with Gasteiger partial charge in [-0.15, -0.1) is 0 Å². The van der Waals surface area contributed by atoms with Gasteiger partial charge in [0.2, 0.25) is 5.91 Å². The molecule has 1 aromatic carbocycles. The predicted molar refractivity (Wildman–Crippen MR) is 77.9 cm³/mol. The molecule has 100 valence electrons. The first-order valence-corrected chi connectivity index (χ1v) is 6.74. The molecule has 0 atom stereocenters. The Hall–Kier alpha value is -1.75. The molecule has 0 saturated heterocycles. The molecule has 0 aliphatic carbocycles. The lowest BCUT2D eigenvalue weighted by molar-refractivity contribution is -0.119. The van der Waals surface area contributed by atoms with Crippen molar-refractivity contribution in [1.82, 2.24) is 5.32 Å². The second-order valence-corrected chi connectivity index (χ2v) is 4.91. The maximum Gasteiger partial charge on any atom is 0.224 e. The van der Waals surface area contributed by atoms with E-state index in [4.69, 9.17) is 4.42 Å². The molecule has 0 saturated carbocycles. The Morgan fingerprint density at radius 1 is 1.32 bits per heavy atom. The Morgan fingerprint density at radius 2 is 2.11 bits per heavy atom. The van der Waals surface area contributed by atoms with Crippen LogP contribution in [0.15, 0.2) is 45.5 Å². The van der Waals surface area contributed by atoms with Crippen LogP contribution in [0.3, 0.4) is 0 Å². The number of likely N-dealkylation sites (N-methyl/N-ethyl adjacent to an activating group) is 1. The fourth-order valence-electron chi connectivity index (χ4n) is 1.74. The number of rotatable bonds is 5. The number of anilines is 1. The molecule has 0 radical (unpaired) electrons. The zero-order valence-corrected chi connectivity index (χ0v) is 12.2. The number of para-hydroxylation sites is 1. The molecule has 0 aliphatic rings. The predicted octanol–water partition coefficient (Wildman–Crippen LogP) is 2.94. The molecule has 0 fully saturated rings. The summed E-state index contributed by atoms with van der Waals surface area (Å²) in [7, 11) is 1.64. The van der Waals surface area contributed by atoms with Crippen LogP contribution >= 0.6 is 15.9 Å². The zero-order valence-electron chi connectivity index (χ0n) is 10.6. The molecule has 1 aromatic heterocycles. The normalized spacial score (nSPS) is 10.2. The molecular formula is C14H15BrN2O2. The maximum absolute atomic E-state index is 11.5. The number of carbonyl (C=O) groups excluding carboxylic acids is 1. The van der Waals surface area contributed by atoms with Gasteiger partial charge in [0.1, 0.15) is 5.76 Å². The zero-order chi connectivity index (χ0) is 13.7. The van der Waals surface area contributed by atoms with Crippen LogP contribution < -0.4 is 10.6 Å². The number of carbonyl (C=O) groups is 1. The van der Waals surface area contributed by atoms with Crippen molar-refractivity contribution < 1.29 is 9.21 Å². The molecule has 5 heteroatoms. The van der Waals surface area contributed by atoms with E-state index in [2.05, 4.69) is 26.6 Å². The van der Waals surface area contributed by atoms with Crippen LogP contribution in [0.5, 0.6) is 0 Å². The SMILES string of the molecule is CNC(=O)Cc1ccccc1NCc1occc1Br. The Labute approximate surface area is 120 Å². The minimum Gasteiger partial charge on any atom is -0.466 e. The van der Waals surface area contributed by atoms with Gasteiger partial charge in [0, 0.05) is 12.7 Å². The number of hydrogen-bond acceptors (Lipinski definition) is 3. The van der Waals surface area contributed by atoms with E-state index in [1.54, 1.807) is 13.3 Å². The number of hydrogen-bond donors (Lipinski definition) is 2. The lowest BCUT2D eigenvalue weighted by atomic mass is 10.1. The standard InChI is InChI=1S/C14H15BrN2O2/c1-16-14(18)8-10-4-2-3-5-12(10)17-9-13-11(15)6-7-19-13/h2-7,17H,8-9H2,1H3,(H,16,18). The molecule has 0 aliphatic heterocycles. The third kappa shape index (κ3) is 3.61. The molecule has 1 heterocycles. The largest absolute Gasteiger partial charge is 0.466 e. The van der Waals surface area contributed by atoms with E-state index in [0.717, 1.165) is 21.5 Å². The summed E-state index contributed by atoms with van der Waals surface area (Å²) >= 11 is 3.41. The average Bonchev–Trinajstić information content (AvgIpc) is 2.83. The van der Waals surface area contributed by atoms with E-state index in [0.29, 0.717) is 13.0 Å². The summed E-state index contributed by atoms with van der Waals surface area (Å²) in [6.45, 7) is 0.568. The van der Waals surface area contributed by atoms with Crippen molar-refractivity contribution in [3.63, 3.8) is 0 Å². The lowest BCUT2D eigenvalue weighted by Crippen LogP contribution is -2.20. The van der Waals surface area contributed by atoms with Gasteiger partial charge >= 0.3 is 0 Å². The number of halogens is 1. The van der Waals surface area contributed by atoms with Crippen LogP contribution in [0.4, 0.5) is 5.69 Å². The monoisotopic (exact) mass is 322 g/mol. The van der Waals surface area contributed by atoms with Gasteiger partial charge in [-0.05, 0) is 33.6 Å². The average molecular weight is 323 g/mol. The molecule has 1 amide bonds. The van der Waals surface area contributed by atoms with Gasteiger partial charge in [0.05, 0.1) is 23.7 Å². The summed E-state index contributed by atoms with van der Waals surface area (Å²) in [5.74, 6) is 0.822. The smallest absolute Gasteiger partial charge is 0.224 e. The van der Waals surface area contributed by atoms with Gasteiger partial charge in [0.15, 0.2) is 0 Å². The molecule has 2 N–H and O–H groups in total. The second kappa shape index (κ2) is 6.43. The number of amides is 1. The summed E-state index contributed by atoms with van der Waals surface area (Å²) in [4.78, 5) is 11.5. The van der Waals surface area contributed by atoms with Crippen LogP contribution in [0.25, 0.3) is 0 Å². The summed E-state index contributed by atoms with van der Waals surface area (Å²) in [6, 6.07) is 9.61. The van der Waals surface area contributed by atoms with Gasteiger partial charge in [-0.1, -0.05) is 18.2 Å². The Kier molecular flexibility index (Phi) is 4.63. The maximum atomic E-state index is 11.5. The number of furan rings is 1. The Bertz CT molecular complexity index is 566. The van der Waals surface area contributed by atoms with Gasteiger partial charge < -0.3 is 15.1 Å². The molecule has 0 spiro atoms. The van der Waals surface area contributed by atoms with Crippen LogP contribution in [-0.2, 0) is 17.8 Å². The molecule has 2 rings (SSSR count). The third-order valence-electron chi connectivity index (χ3n) is 2.78. The fraction of sp³-hybridized carbons (Fsp3) is 0.214. The van der Waals surface area contributed by atoms with Gasteiger partial charge in [-0.2, -0.15) is 0 Å². The van der Waals surface area contributed by atoms with Crippen molar-refractivity contribution in [2.75, 3.05) is 12.4 Å². The molecular weight excluding hydrogens is 308 g/mol. The first kappa shape index (κ1) is 13.7. The van der Waals surface area contributed by atoms with Crippen molar-refractivity contribution in [3.8, 4) is 0 Å². The summed E-state index contributed by atoms with van der Waals surface area (Å²) < 4.78 is 6.27. The highest BCUT2D eigenvalue weighted by atomic mass is 79.9. The van der Waals surface area contributed by atoms with Crippen molar-refractivity contribution in [2.45, 2.75) is 13.0 Å². The van der Waals surface area contributed by atoms with Gasteiger partial charge in [0.25, 0.3) is 0 Å². The highest BCUT2D eigenvalue weighted by molar-refractivity contribution is 9.10. The van der Waals surface area contributed by atoms with Crippen LogP contribution in [0, 0.1) is 0 Å². The molecule has 19 heavy (non-hydrogen) atoms. The lowest BCUT2D eigenvalue weighted by Gasteiger charge is -2.10. The van der Waals surface area contributed by atoms with Crippen molar-refractivity contribution in [2.24, 2.45) is 0 Å². The summed E-state index contributed by atoms with van der Waals surface area (Å²) in [5, 5.41) is 5.91. The first-order valence-electron chi connectivity index (χ1n) is 5.95. The van der Waals surface area contributed by atoms with Crippen LogP contribution in [0.1, 0.15) is 11.3 Å². The first-order chi connectivity index (χ1) is 9.20. The molecule has 0 bridgehead atoms. The minimum atomic E-state index is -0.00608. The topological polar surface area (TPSA) is 54.3 Å². The van der Waals surface area contributed by atoms with Crippen LogP contribution in [-0.4, -0.2) is 13.0 Å². The highest BCUT2D eigenvalue weighted by Gasteiger charge is 2.08. The third-order valence-corrected chi connectivity index (χ3v) is 3.48. The van der Waals surface area contributed by atoms with Crippen LogP contribution in [0.2, 0.25) is 0 Å². The Balaban J connectivity index is 2.07. The summed E-state index contributed by atoms with van der Waals surface area (Å²) in [6.07, 6.45) is 2.00. The quantitative estimate of drug-likeness (QED) is 0.889. The Morgan fingerprint density at radius 3 is 2.79 bits per heavy atom.